The molecule has 0 radical (unpaired) electrons. The smallest absolute Gasteiger partial charge is 0.252 e. The minimum Gasteiger partial charge on any atom is -0.353 e. The number of anilines is 1. The van der Waals surface area contributed by atoms with Gasteiger partial charge in [0, 0.05) is 41.5 Å². The molecule has 1 aliphatic carbocycles. The first-order valence-electron chi connectivity index (χ1n) is 8.25. The highest BCUT2D eigenvalue weighted by Crippen LogP contribution is 2.26. The minimum atomic E-state index is -0.173. The van der Waals surface area contributed by atoms with Crippen LogP contribution in [0.25, 0.3) is 22.3 Å². The molecule has 3 aromatic rings. The number of nitrogens with two attached hydrogens (primary N) is 1. The number of nitrogens with one attached hydrogen (secondary N) is 3. The Balaban J connectivity index is 1.65. The van der Waals surface area contributed by atoms with Crippen molar-refractivity contribution in [2.75, 3.05) is 5.32 Å². The maximum Gasteiger partial charge on any atom is 0.252 e. The lowest BCUT2D eigenvalue weighted by atomic mass is 9.92. The van der Waals surface area contributed by atoms with Gasteiger partial charge in [-0.3, -0.25) is 9.78 Å². The fourth-order valence-corrected chi connectivity index (χ4v) is 3.29. The molecule has 1 saturated carbocycles. The molecule has 0 bridgehead atoms. The summed E-state index contributed by atoms with van der Waals surface area (Å²) in [6.45, 7) is 0. The van der Waals surface area contributed by atoms with Crippen molar-refractivity contribution in [3.8, 4) is 11.3 Å². The fraction of sp³-hybridized carbons (Fsp3) is 0.353. The van der Waals surface area contributed by atoms with Crippen molar-refractivity contribution in [3.05, 3.63) is 40.9 Å². The van der Waals surface area contributed by atoms with Crippen molar-refractivity contribution in [1.29, 1.82) is 0 Å². The summed E-state index contributed by atoms with van der Waals surface area (Å²) in [4.78, 5) is 26.8. The zero-order valence-electron chi connectivity index (χ0n) is 13.2. The number of aromatic nitrogens is 4. The van der Waals surface area contributed by atoms with Crippen molar-refractivity contribution in [3.63, 3.8) is 0 Å². The molecular formula is C17H20N6O. The zero-order chi connectivity index (χ0) is 16.5. The Hall–Kier alpha value is -2.67. The first-order valence-corrected chi connectivity index (χ1v) is 8.25. The van der Waals surface area contributed by atoms with E-state index in [2.05, 4.69) is 25.3 Å². The number of aromatic amines is 2. The Morgan fingerprint density at radius 3 is 2.92 bits per heavy atom. The summed E-state index contributed by atoms with van der Waals surface area (Å²) < 4.78 is 0. The van der Waals surface area contributed by atoms with Crippen molar-refractivity contribution >= 4 is 17.0 Å². The van der Waals surface area contributed by atoms with Crippen LogP contribution < -0.4 is 16.6 Å². The van der Waals surface area contributed by atoms with Crippen LogP contribution in [0.15, 0.2) is 35.4 Å². The second-order valence-corrected chi connectivity index (χ2v) is 6.34. The third-order valence-corrected chi connectivity index (χ3v) is 4.58. The summed E-state index contributed by atoms with van der Waals surface area (Å²) >= 11 is 0. The van der Waals surface area contributed by atoms with E-state index in [1.54, 1.807) is 6.20 Å². The molecule has 1 fully saturated rings. The minimum absolute atomic E-state index is 0.173. The van der Waals surface area contributed by atoms with E-state index in [-0.39, 0.29) is 5.56 Å². The standard InChI is InChI=1S/C17H20N6O/c18-10-3-5-11(6-4-10)21-17-22-14(8-15(24)23-17)13-9-20-16-12(13)2-1-7-19-16/h1-2,7-11H,3-6,18H2,(H,19,20)(H2,21,22,23,24)/t10-,11-. The van der Waals surface area contributed by atoms with Gasteiger partial charge in [-0.25, -0.2) is 9.97 Å². The predicted molar refractivity (Wildman–Crippen MR) is 93.8 cm³/mol. The van der Waals surface area contributed by atoms with E-state index in [0.717, 1.165) is 42.3 Å². The zero-order valence-corrected chi connectivity index (χ0v) is 13.2. The number of H-pyrrole nitrogens is 2. The van der Waals surface area contributed by atoms with E-state index in [1.807, 2.05) is 18.3 Å². The molecular weight excluding hydrogens is 304 g/mol. The van der Waals surface area contributed by atoms with Crippen LogP contribution in [0.2, 0.25) is 0 Å². The predicted octanol–water partition coefficient (Wildman–Crippen LogP) is 1.99. The van der Waals surface area contributed by atoms with E-state index in [1.165, 1.54) is 6.07 Å². The van der Waals surface area contributed by atoms with Gasteiger partial charge < -0.3 is 16.0 Å². The van der Waals surface area contributed by atoms with Crippen LogP contribution in [0.1, 0.15) is 25.7 Å². The monoisotopic (exact) mass is 324 g/mol. The molecule has 0 atom stereocenters. The highest BCUT2D eigenvalue weighted by Gasteiger charge is 2.19. The van der Waals surface area contributed by atoms with Gasteiger partial charge in [0.1, 0.15) is 5.65 Å². The summed E-state index contributed by atoms with van der Waals surface area (Å²) in [6, 6.07) is 5.94. The average molecular weight is 324 g/mol. The fourth-order valence-electron chi connectivity index (χ4n) is 3.29. The van der Waals surface area contributed by atoms with E-state index in [4.69, 9.17) is 5.73 Å². The Morgan fingerprint density at radius 2 is 2.08 bits per heavy atom. The molecule has 3 aromatic heterocycles. The first-order chi connectivity index (χ1) is 11.7. The molecule has 0 aromatic carbocycles. The molecule has 7 nitrogen and oxygen atoms in total. The summed E-state index contributed by atoms with van der Waals surface area (Å²) in [5.74, 6) is 0.510. The number of nitrogens with zero attached hydrogens (tertiary/aromatic N) is 2. The van der Waals surface area contributed by atoms with Gasteiger partial charge in [-0.15, -0.1) is 0 Å². The van der Waals surface area contributed by atoms with E-state index in [9.17, 15) is 4.79 Å². The van der Waals surface area contributed by atoms with Crippen molar-refractivity contribution in [1.82, 2.24) is 19.9 Å². The van der Waals surface area contributed by atoms with Gasteiger partial charge in [0.2, 0.25) is 5.95 Å². The van der Waals surface area contributed by atoms with Gasteiger partial charge in [0.25, 0.3) is 5.56 Å². The summed E-state index contributed by atoms with van der Waals surface area (Å²) in [5.41, 5.74) is 8.06. The highest BCUT2D eigenvalue weighted by molar-refractivity contribution is 5.92. The Morgan fingerprint density at radius 1 is 1.25 bits per heavy atom. The van der Waals surface area contributed by atoms with Crippen LogP contribution in [0.4, 0.5) is 5.95 Å². The quantitative estimate of drug-likeness (QED) is 0.588. The molecule has 5 N–H and O–H groups in total. The molecule has 0 aliphatic heterocycles. The van der Waals surface area contributed by atoms with Gasteiger partial charge in [-0.2, -0.15) is 0 Å². The average Bonchev–Trinajstić information content (AvgIpc) is 3.01. The molecule has 1 aliphatic rings. The summed E-state index contributed by atoms with van der Waals surface area (Å²) in [6.07, 6.45) is 7.54. The second-order valence-electron chi connectivity index (χ2n) is 6.34. The van der Waals surface area contributed by atoms with Gasteiger partial charge in [0.15, 0.2) is 0 Å². The molecule has 0 saturated heterocycles. The van der Waals surface area contributed by atoms with Gasteiger partial charge in [-0.1, -0.05) is 0 Å². The van der Waals surface area contributed by atoms with Crippen molar-refractivity contribution in [2.45, 2.75) is 37.8 Å². The molecule has 4 rings (SSSR count). The molecule has 0 spiro atoms. The molecule has 3 heterocycles. The maximum absolute atomic E-state index is 12.1. The number of rotatable bonds is 3. The number of pyridine rings is 1. The van der Waals surface area contributed by atoms with Gasteiger partial charge in [0.05, 0.1) is 5.69 Å². The lowest BCUT2D eigenvalue weighted by molar-refractivity contribution is 0.410. The van der Waals surface area contributed by atoms with Crippen LogP contribution in [-0.4, -0.2) is 32.0 Å². The number of hydrogen-bond acceptors (Lipinski definition) is 5. The molecule has 124 valence electrons. The van der Waals surface area contributed by atoms with E-state index in [0.29, 0.717) is 23.7 Å². The topological polar surface area (TPSA) is 112 Å². The van der Waals surface area contributed by atoms with Crippen molar-refractivity contribution < 1.29 is 0 Å². The molecule has 7 heteroatoms. The molecule has 24 heavy (non-hydrogen) atoms. The Labute approximate surface area is 138 Å². The van der Waals surface area contributed by atoms with Crippen LogP contribution >= 0.6 is 0 Å². The summed E-state index contributed by atoms with van der Waals surface area (Å²) in [5, 5.41) is 4.29. The third kappa shape index (κ3) is 2.90. The normalized spacial score (nSPS) is 21.0. The van der Waals surface area contributed by atoms with Gasteiger partial charge >= 0.3 is 0 Å². The van der Waals surface area contributed by atoms with Crippen LogP contribution in [-0.2, 0) is 0 Å². The number of hydrogen-bond donors (Lipinski definition) is 4. The van der Waals surface area contributed by atoms with Crippen molar-refractivity contribution in [2.24, 2.45) is 5.73 Å². The second kappa shape index (κ2) is 6.09. The molecule has 0 amide bonds. The Kier molecular flexibility index (Phi) is 3.78. The van der Waals surface area contributed by atoms with Crippen LogP contribution in [0.3, 0.4) is 0 Å². The largest absolute Gasteiger partial charge is 0.353 e. The highest BCUT2D eigenvalue weighted by atomic mass is 16.1. The third-order valence-electron chi connectivity index (χ3n) is 4.58. The van der Waals surface area contributed by atoms with Crippen LogP contribution in [0.5, 0.6) is 0 Å². The van der Waals surface area contributed by atoms with Gasteiger partial charge in [-0.05, 0) is 37.8 Å². The van der Waals surface area contributed by atoms with Crippen LogP contribution in [0, 0.1) is 0 Å². The van der Waals surface area contributed by atoms with E-state index >= 15 is 0 Å². The lowest BCUT2D eigenvalue weighted by Gasteiger charge is -2.26. The summed E-state index contributed by atoms with van der Waals surface area (Å²) in [7, 11) is 0. The van der Waals surface area contributed by atoms with E-state index < -0.39 is 0 Å². The lowest BCUT2D eigenvalue weighted by Crippen LogP contribution is -2.33. The Bertz CT molecular complexity index is 907. The molecule has 0 unspecified atom stereocenters. The maximum atomic E-state index is 12.1. The first kappa shape index (κ1) is 14.9. The SMILES string of the molecule is N[C@H]1CC[C@H](Nc2nc(-c3c[nH]c4ncccc34)cc(=O)[nH]2)CC1. The number of fused-ring (bicyclic) bond motifs is 1.